The molecule has 0 bridgehead atoms. The first-order valence-electron chi connectivity index (χ1n) is 5.23. The van der Waals surface area contributed by atoms with E-state index in [1.807, 2.05) is 25.1 Å². The number of carbonyl (C=O) groups is 1. The van der Waals surface area contributed by atoms with Crippen molar-refractivity contribution in [1.29, 1.82) is 0 Å². The van der Waals surface area contributed by atoms with Gasteiger partial charge in [-0.15, -0.1) is 0 Å². The van der Waals surface area contributed by atoms with Gasteiger partial charge in [-0.25, -0.2) is 4.79 Å². The molecule has 1 fully saturated rings. The molecule has 0 aliphatic carbocycles. The normalized spacial score (nSPS) is 20.5. The van der Waals surface area contributed by atoms with Crippen molar-refractivity contribution in [2.75, 3.05) is 13.1 Å². The number of nitrogens with one attached hydrogen (secondary N) is 1. The minimum atomic E-state index is -0.833. The molecule has 1 aromatic carbocycles. The standard InChI is InChI=1S/C12H15NO2/c1-8-2-3-9(6-11(8)12(14)15)10-4-5-13-7-10/h2-3,6,10,13H,4-5,7H2,1H3,(H,14,15). The molecule has 1 aliphatic rings. The third-order valence-electron chi connectivity index (χ3n) is 3.02. The molecule has 0 spiro atoms. The largest absolute Gasteiger partial charge is 0.478 e. The van der Waals surface area contributed by atoms with E-state index in [9.17, 15) is 4.79 Å². The smallest absolute Gasteiger partial charge is 0.335 e. The van der Waals surface area contributed by atoms with Gasteiger partial charge in [0.2, 0.25) is 0 Å². The zero-order valence-corrected chi connectivity index (χ0v) is 8.79. The van der Waals surface area contributed by atoms with Crippen molar-refractivity contribution >= 4 is 5.97 Å². The first kappa shape index (κ1) is 10.2. The number of rotatable bonds is 2. The monoisotopic (exact) mass is 205 g/mol. The van der Waals surface area contributed by atoms with Gasteiger partial charge in [-0.1, -0.05) is 12.1 Å². The fraction of sp³-hybridized carbons (Fsp3) is 0.417. The topological polar surface area (TPSA) is 49.3 Å². The van der Waals surface area contributed by atoms with Crippen molar-refractivity contribution in [2.45, 2.75) is 19.3 Å². The van der Waals surface area contributed by atoms with Gasteiger partial charge in [0, 0.05) is 6.54 Å². The second kappa shape index (κ2) is 4.03. The third kappa shape index (κ3) is 2.02. The molecular weight excluding hydrogens is 190 g/mol. The summed E-state index contributed by atoms with van der Waals surface area (Å²) in [4.78, 5) is 11.0. The van der Waals surface area contributed by atoms with Crippen molar-refractivity contribution in [3.05, 3.63) is 34.9 Å². The summed E-state index contributed by atoms with van der Waals surface area (Å²) < 4.78 is 0. The average molecular weight is 205 g/mol. The van der Waals surface area contributed by atoms with E-state index in [1.54, 1.807) is 0 Å². The SMILES string of the molecule is Cc1ccc(C2CCNC2)cc1C(=O)O. The molecule has 0 amide bonds. The van der Waals surface area contributed by atoms with Gasteiger partial charge >= 0.3 is 5.97 Å². The highest BCUT2D eigenvalue weighted by Gasteiger charge is 2.18. The van der Waals surface area contributed by atoms with Crippen molar-refractivity contribution < 1.29 is 9.90 Å². The summed E-state index contributed by atoms with van der Waals surface area (Å²) in [6.45, 7) is 3.82. The molecular formula is C12H15NO2. The van der Waals surface area contributed by atoms with Crippen LogP contribution < -0.4 is 5.32 Å². The highest BCUT2D eigenvalue weighted by molar-refractivity contribution is 5.89. The Hall–Kier alpha value is -1.35. The molecule has 1 aliphatic heterocycles. The Morgan fingerprint density at radius 2 is 2.33 bits per heavy atom. The maximum Gasteiger partial charge on any atom is 0.335 e. The van der Waals surface area contributed by atoms with Crippen LogP contribution in [-0.4, -0.2) is 24.2 Å². The highest BCUT2D eigenvalue weighted by atomic mass is 16.4. The molecule has 1 atom stereocenters. The minimum Gasteiger partial charge on any atom is -0.478 e. The lowest BCUT2D eigenvalue weighted by Crippen LogP contribution is -2.09. The molecule has 2 N–H and O–H groups in total. The van der Waals surface area contributed by atoms with Crippen LogP contribution in [0.2, 0.25) is 0 Å². The predicted octanol–water partition coefficient (Wildman–Crippen LogP) is 1.77. The zero-order valence-electron chi connectivity index (χ0n) is 8.79. The van der Waals surface area contributed by atoms with Crippen LogP contribution >= 0.6 is 0 Å². The fourth-order valence-electron chi connectivity index (χ4n) is 2.06. The van der Waals surface area contributed by atoms with Crippen LogP contribution in [0.5, 0.6) is 0 Å². The van der Waals surface area contributed by atoms with Gasteiger partial charge < -0.3 is 10.4 Å². The highest BCUT2D eigenvalue weighted by Crippen LogP contribution is 2.24. The van der Waals surface area contributed by atoms with E-state index in [-0.39, 0.29) is 0 Å². The molecule has 1 saturated heterocycles. The molecule has 15 heavy (non-hydrogen) atoms. The Morgan fingerprint density at radius 1 is 1.53 bits per heavy atom. The predicted molar refractivity (Wildman–Crippen MR) is 58.4 cm³/mol. The second-order valence-electron chi connectivity index (χ2n) is 4.07. The molecule has 2 rings (SSSR count). The van der Waals surface area contributed by atoms with Crippen LogP contribution in [0.1, 0.15) is 33.8 Å². The lowest BCUT2D eigenvalue weighted by Gasteiger charge is -2.10. The van der Waals surface area contributed by atoms with Crippen LogP contribution in [0, 0.1) is 6.92 Å². The van der Waals surface area contributed by atoms with Gasteiger partial charge in [-0.3, -0.25) is 0 Å². The van der Waals surface area contributed by atoms with Crippen LogP contribution in [0.25, 0.3) is 0 Å². The third-order valence-corrected chi connectivity index (χ3v) is 3.02. The maximum atomic E-state index is 11.0. The van der Waals surface area contributed by atoms with Crippen molar-refractivity contribution in [1.82, 2.24) is 5.32 Å². The van der Waals surface area contributed by atoms with E-state index in [0.29, 0.717) is 11.5 Å². The lowest BCUT2D eigenvalue weighted by molar-refractivity contribution is 0.0696. The number of hydrogen-bond donors (Lipinski definition) is 2. The Kier molecular flexibility index (Phi) is 2.73. The van der Waals surface area contributed by atoms with Gasteiger partial charge in [0.05, 0.1) is 5.56 Å². The van der Waals surface area contributed by atoms with Crippen molar-refractivity contribution in [2.24, 2.45) is 0 Å². The van der Waals surface area contributed by atoms with Gasteiger partial charge in [0.15, 0.2) is 0 Å². The number of carboxylic acids is 1. The van der Waals surface area contributed by atoms with E-state index in [1.165, 1.54) is 0 Å². The average Bonchev–Trinajstić information content (AvgIpc) is 2.71. The van der Waals surface area contributed by atoms with Gasteiger partial charge in [0.25, 0.3) is 0 Å². The van der Waals surface area contributed by atoms with E-state index in [2.05, 4.69) is 5.32 Å². The maximum absolute atomic E-state index is 11.0. The molecule has 0 saturated carbocycles. The van der Waals surface area contributed by atoms with Gasteiger partial charge in [-0.05, 0) is 43.0 Å². The van der Waals surface area contributed by atoms with Crippen LogP contribution in [0.15, 0.2) is 18.2 Å². The second-order valence-corrected chi connectivity index (χ2v) is 4.07. The van der Waals surface area contributed by atoms with Crippen LogP contribution in [-0.2, 0) is 0 Å². The van der Waals surface area contributed by atoms with E-state index in [0.717, 1.165) is 30.6 Å². The molecule has 80 valence electrons. The molecule has 0 radical (unpaired) electrons. The first-order chi connectivity index (χ1) is 7.18. The summed E-state index contributed by atoms with van der Waals surface area (Å²) in [5.74, 6) is -0.357. The lowest BCUT2D eigenvalue weighted by atomic mass is 9.94. The van der Waals surface area contributed by atoms with Gasteiger partial charge in [0.1, 0.15) is 0 Å². The summed E-state index contributed by atoms with van der Waals surface area (Å²) >= 11 is 0. The van der Waals surface area contributed by atoms with Gasteiger partial charge in [-0.2, -0.15) is 0 Å². The number of aromatic carboxylic acids is 1. The fourth-order valence-corrected chi connectivity index (χ4v) is 2.06. The Morgan fingerprint density at radius 3 is 2.93 bits per heavy atom. The summed E-state index contributed by atoms with van der Waals surface area (Å²) in [7, 11) is 0. The molecule has 3 nitrogen and oxygen atoms in total. The molecule has 1 aromatic rings. The number of carboxylic acid groups (broad SMARTS) is 1. The quantitative estimate of drug-likeness (QED) is 0.773. The zero-order chi connectivity index (χ0) is 10.8. The minimum absolute atomic E-state index is 0.430. The Bertz CT molecular complexity index is 381. The summed E-state index contributed by atoms with van der Waals surface area (Å²) in [6, 6.07) is 5.76. The van der Waals surface area contributed by atoms with Crippen molar-refractivity contribution in [3.63, 3.8) is 0 Å². The van der Waals surface area contributed by atoms with E-state index >= 15 is 0 Å². The Labute approximate surface area is 89.1 Å². The van der Waals surface area contributed by atoms with Crippen LogP contribution in [0.3, 0.4) is 0 Å². The number of benzene rings is 1. The molecule has 1 heterocycles. The summed E-state index contributed by atoms with van der Waals surface area (Å²) in [5, 5.41) is 12.3. The Balaban J connectivity index is 2.33. The number of hydrogen-bond acceptors (Lipinski definition) is 2. The summed E-state index contributed by atoms with van der Waals surface area (Å²) in [5.41, 5.74) is 2.40. The van der Waals surface area contributed by atoms with E-state index in [4.69, 9.17) is 5.11 Å². The number of aryl methyl sites for hydroxylation is 1. The van der Waals surface area contributed by atoms with Crippen LogP contribution in [0.4, 0.5) is 0 Å². The van der Waals surface area contributed by atoms with E-state index < -0.39 is 5.97 Å². The molecule has 3 heteroatoms. The van der Waals surface area contributed by atoms with Crippen molar-refractivity contribution in [3.8, 4) is 0 Å². The first-order valence-corrected chi connectivity index (χ1v) is 5.23. The molecule has 1 unspecified atom stereocenters. The summed E-state index contributed by atoms with van der Waals surface area (Å²) in [6.07, 6.45) is 1.10. The molecule has 0 aromatic heterocycles.